The Labute approximate surface area is 123 Å². The first-order valence-electron chi connectivity index (χ1n) is 6.75. The molecule has 21 heavy (non-hydrogen) atoms. The van der Waals surface area contributed by atoms with Gasteiger partial charge in [0.15, 0.2) is 5.76 Å². The monoisotopic (exact) mass is 293 g/mol. The number of carbonyl (C=O) groups excluding carboxylic acids is 1. The topological polar surface area (TPSA) is 73.8 Å². The lowest BCUT2D eigenvalue weighted by molar-refractivity contribution is 0.0887. The van der Waals surface area contributed by atoms with E-state index in [-0.39, 0.29) is 5.91 Å². The second kappa shape index (κ2) is 8.28. The van der Waals surface area contributed by atoms with Crippen molar-refractivity contribution in [2.24, 2.45) is 0 Å². The minimum Gasteiger partial charge on any atom is -0.467 e. The molecule has 2 aromatic rings. The summed E-state index contributed by atoms with van der Waals surface area (Å²) in [6.07, 6.45) is 2.33. The Bertz CT molecular complexity index is 532. The number of amides is 1. The molecule has 0 aromatic carbocycles. The van der Waals surface area contributed by atoms with E-state index in [9.17, 15) is 4.79 Å². The van der Waals surface area contributed by atoms with Crippen molar-refractivity contribution in [1.29, 1.82) is 0 Å². The van der Waals surface area contributed by atoms with Gasteiger partial charge in [-0.1, -0.05) is 0 Å². The normalized spacial score (nSPS) is 10.7. The van der Waals surface area contributed by atoms with Crippen LogP contribution in [-0.4, -0.2) is 26.2 Å². The molecule has 0 aliphatic rings. The summed E-state index contributed by atoms with van der Waals surface area (Å²) in [6.45, 7) is 1.87. The molecule has 0 aliphatic carbocycles. The van der Waals surface area contributed by atoms with Crippen LogP contribution in [0.15, 0.2) is 39.4 Å². The van der Waals surface area contributed by atoms with Crippen LogP contribution in [-0.2, 0) is 22.7 Å². The summed E-state index contributed by atoms with van der Waals surface area (Å²) in [7, 11) is 1.57. The summed E-state index contributed by atoms with van der Waals surface area (Å²) in [6, 6.07) is 7.04. The highest BCUT2D eigenvalue weighted by molar-refractivity contribution is 5.91. The molecule has 2 heterocycles. The molecule has 0 bridgehead atoms. The molecule has 2 rings (SSSR count). The van der Waals surface area contributed by atoms with Crippen molar-refractivity contribution >= 4 is 5.91 Å². The zero-order valence-electron chi connectivity index (χ0n) is 12.0. The third kappa shape index (κ3) is 5.09. The number of rotatable bonds is 9. The largest absolute Gasteiger partial charge is 0.467 e. The van der Waals surface area contributed by atoms with Gasteiger partial charge in [0.1, 0.15) is 24.7 Å². The number of carbonyl (C=O) groups is 1. The number of hydrogen-bond donors (Lipinski definition) is 1. The minimum absolute atomic E-state index is 0.233. The van der Waals surface area contributed by atoms with E-state index in [4.69, 9.17) is 18.3 Å². The van der Waals surface area contributed by atoms with Crippen LogP contribution in [0.25, 0.3) is 0 Å². The van der Waals surface area contributed by atoms with Crippen LogP contribution < -0.4 is 5.32 Å². The first kappa shape index (κ1) is 15.3. The van der Waals surface area contributed by atoms with Gasteiger partial charge in [-0.15, -0.1) is 0 Å². The van der Waals surface area contributed by atoms with Crippen molar-refractivity contribution in [2.75, 3.05) is 20.3 Å². The third-order valence-electron chi connectivity index (χ3n) is 2.75. The van der Waals surface area contributed by atoms with Crippen LogP contribution in [0.2, 0.25) is 0 Å². The standard InChI is InChI=1S/C15H19NO5/c1-18-10-13-5-6-14(21-13)15(17)16-7-3-8-19-11-12-4-2-9-20-12/h2,4-6,9H,3,7-8,10-11H2,1H3,(H,16,17). The molecule has 0 saturated heterocycles. The van der Waals surface area contributed by atoms with E-state index in [0.29, 0.717) is 37.9 Å². The molecule has 114 valence electrons. The summed E-state index contributed by atoms with van der Waals surface area (Å²) < 4.78 is 20.8. The molecular formula is C15H19NO5. The maximum absolute atomic E-state index is 11.8. The van der Waals surface area contributed by atoms with Crippen molar-refractivity contribution < 1.29 is 23.1 Å². The molecule has 1 amide bonds. The highest BCUT2D eigenvalue weighted by atomic mass is 16.5. The van der Waals surface area contributed by atoms with Crippen LogP contribution in [0.3, 0.4) is 0 Å². The van der Waals surface area contributed by atoms with Crippen LogP contribution in [0.4, 0.5) is 0 Å². The Balaban J connectivity index is 1.58. The zero-order chi connectivity index (χ0) is 14.9. The number of furan rings is 2. The van der Waals surface area contributed by atoms with Crippen molar-refractivity contribution in [3.8, 4) is 0 Å². The van der Waals surface area contributed by atoms with E-state index < -0.39 is 0 Å². The van der Waals surface area contributed by atoms with E-state index in [1.807, 2.05) is 12.1 Å². The summed E-state index contributed by atoms with van der Waals surface area (Å²) in [5.74, 6) is 1.48. The van der Waals surface area contributed by atoms with Crippen LogP contribution in [0, 0.1) is 0 Å². The first-order valence-corrected chi connectivity index (χ1v) is 6.75. The molecule has 0 unspecified atom stereocenters. The molecule has 0 spiro atoms. The van der Waals surface area contributed by atoms with Gasteiger partial charge in [-0.3, -0.25) is 4.79 Å². The van der Waals surface area contributed by atoms with E-state index >= 15 is 0 Å². The molecule has 0 fully saturated rings. The number of hydrogen-bond acceptors (Lipinski definition) is 5. The zero-order valence-corrected chi connectivity index (χ0v) is 12.0. The van der Waals surface area contributed by atoms with Gasteiger partial charge in [-0.05, 0) is 30.7 Å². The van der Waals surface area contributed by atoms with Gasteiger partial charge >= 0.3 is 0 Å². The van der Waals surface area contributed by atoms with Gasteiger partial charge in [-0.2, -0.15) is 0 Å². The molecule has 1 N–H and O–H groups in total. The van der Waals surface area contributed by atoms with Gasteiger partial charge in [-0.25, -0.2) is 0 Å². The molecule has 6 heteroatoms. The average Bonchev–Trinajstić information content (AvgIpc) is 3.14. The maximum Gasteiger partial charge on any atom is 0.286 e. The molecule has 0 radical (unpaired) electrons. The molecule has 0 saturated carbocycles. The number of nitrogens with one attached hydrogen (secondary N) is 1. The summed E-state index contributed by atoms with van der Waals surface area (Å²) in [5.41, 5.74) is 0. The second-order valence-corrected chi connectivity index (χ2v) is 4.44. The average molecular weight is 293 g/mol. The molecule has 2 aromatic heterocycles. The first-order chi connectivity index (χ1) is 10.3. The smallest absolute Gasteiger partial charge is 0.286 e. The molecule has 6 nitrogen and oxygen atoms in total. The van der Waals surface area contributed by atoms with Crippen molar-refractivity contribution in [3.63, 3.8) is 0 Å². The van der Waals surface area contributed by atoms with Crippen LogP contribution in [0.1, 0.15) is 28.5 Å². The lowest BCUT2D eigenvalue weighted by atomic mass is 10.4. The van der Waals surface area contributed by atoms with E-state index in [2.05, 4.69) is 5.32 Å². The Morgan fingerprint density at radius 1 is 1.24 bits per heavy atom. The minimum atomic E-state index is -0.233. The summed E-state index contributed by atoms with van der Waals surface area (Å²) in [4.78, 5) is 11.8. The van der Waals surface area contributed by atoms with Gasteiger partial charge in [0.05, 0.1) is 6.26 Å². The van der Waals surface area contributed by atoms with E-state index in [1.165, 1.54) is 0 Å². The number of ether oxygens (including phenoxy) is 2. The highest BCUT2D eigenvalue weighted by Gasteiger charge is 2.10. The molecular weight excluding hydrogens is 274 g/mol. The fraction of sp³-hybridized carbons (Fsp3) is 0.400. The SMILES string of the molecule is COCc1ccc(C(=O)NCCCOCc2ccco2)o1. The van der Waals surface area contributed by atoms with Gasteiger partial charge in [0.2, 0.25) is 0 Å². The van der Waals surface area contributed by atoms with Crippen molar-refractivity contribution in [3.05, 3.63) is 47.8 Å². The lowest BCUT2D eigenvalue weighted by Gasteiger charge is -2.04. The van der Waals surface area contributed by atoms with Crippen molar-refractivity contribution in [2.45, 2.75) is 19.6 Å². The molecule has 0 atom stereocenters. The predicted octanol–water partition coefficient (Wildman–Crippen LogP) is 2.36. The quantitative estimate of drug-likeness (QED) is 0.718. The van der Waals surface area contributed by atoms with Crippen LogP contribution >= 0.6 is 0 Å². The highest BCUT2D eigenvalue weighted by Crippen LogP contribution is 2.08. The van der Waals surface area contributed by atoms with Gasteiger partial charge in [0, 0.05) is 20.3 Å². The van der Waals surface area contributed by atoms with Crippen LogP contribution in [0.5, 0.6) is 0 Å². The second-order valence-electron chi connectivity index (χ2n) is 4.44. The fourth-order valence-electron chi connectivity index (χ4n) is 1.75. The van der Waals surface area contributed by atoms with E-state index in [1.54, 1.807) is 25.5 Å². The van der Waals surface area contributed by atoms with Crippen molar-refractivity contribution in [1.82, 2.24) is 5.32 Å². The Morgan fingerprint density at radius 2 is 2.14 bits per heavy atom. The Kier molecular flexibility index (Phi) is 6.05. The fourth-order valence-corrected chi connectivity index (χ4v) is 1.75. The molecule has 0 aliphatic heterocycles. The summed E-state index contributed by atoms with van der Waals surface area (Å²) >= 11 is 0. The lowest BCUT2D eigenvalue weighted by Crippen LogP contribution is -2.24. The van der Waals surface area contributed by atoms with Gasteiger partial charge < -0.3 is 23.6 Å². The Morgan fingerprint density at radius 3 is 2.90 bits per heavy atom. The van der Waals surface area contributed by atoms with Gasteiger partial charge in [0.25, 0.3) is 5.91 Å². The number of methoxy groups -OCH3 is 1. The van der Waals surface area contributed by atoms with E-state index in [0.717, 1.165) is 12.2 Å². The Hall–Kier alpha value is -2.05. The predicted molar refractivity (Wildman–Crippen MR) is 74.7 cm³/mol. The summed E-state index contributed by atoms with van der Waals surface area (Å²) in [5, 5.41) is 2.77. The maximum atomic E-state index is 11.8. The third-order valence-corrected chi connectivity index (χ3v) is 2.75.